The molecule has 1 aliphatic heterocycles. The van der Waals surface area contributed by atoms with Crippen LogP contribution in [0.5, 0.6) is 5.88 Å². The molecule has 7 heteroatoms. The van der Waals surface area contributed by atoms with Gasteiger partial charge in [-0.15, -0.1) is 0 Å². The lowest BCUT2D eigenvalue weighted by Gasteiger charge is -2.13. The maximum Gasteiger partial charge on any atom is 0.327 e. The van der Waals surface area contributed by atoms with Crippen LogP contribution in [0.1, 0.15) is 6.42 Å². The molecule has 0 saturated carbocycles. The van der Waals surface area contributed by atoms with Crippen LogP contribution in [0.2, 0.25) is 0 Å². The van der Waals surface area contributed by atoms with Crippen LogP contribution in [0, 0.1) is 0 Å². The van der Waals surface area contributed by atoms with Crippen molar-refractivity contribution < 1.29 is 4.74 Å². The van der Waals surface area contributed by atoms with Crippen LogP contribution in [0.3, 0.4) is 0 Å². The van der Waals surface area contributed by atoms with E-state index in [0.717, 1.165) is 6.42 Å². The third kappa shape index (κ3) is 1.09. The van der Waals surface area contributed by atoms with E-state index in [2.05, 4.69) is 15.1 Å². The quantitative estimate of drug-likeness (QED) is 0.592. The molecule has 0 spiro atoms. The summed E-state index contributed by atoms with van der Waals surface area (Å²) in [4.78, 5) is 27.2. The Hall–Kier alpha value is -2.05. The number of aryl methyl sites for hydroxylation is 1. The van der Waals surface area contributed by atoms with Crippen LogP contribution in [0.15, 0.2) is 9.59 Å². The third-order valence-corrected chi connectivity index (χ3v) is 2.34. The van der Waals surface area contributed by atoms with E-state index in [1.54, 1.807) is 4.68 Å². The van der Waals surface area contributed by atoms with Gasteiger partial charge in [0.05, 0.1) is 6.61 Å². The van der Waals surface area contributed by atoms with Gasteiger partial charge in [-0.2, -0.15) is 5.10 Å². The summed E-state index contributed by atoms with van der Waals surface area (Å²) < 4.78 is 6.95. The van der Waals surface area contributed by atoms with Crippen molar-refractivity contribution in [1.82, 2.24) is 19.7 Å². The Labute approximate surface area is 82.7 Å². The average molecular weight is 208 g/mol. The molecule has 7 nitrogen and oxygen atoms in total. The summed E-state index contributed by atoms with van der Waals surface area (Å²) >= 11 is 0. The molecule has 15 heavy (non-hydrogen) atoms. The van der Waals surface area contributed by atoms with Crippen LogP contribution in [-0.4, -0.2) is 26.4 Å². The molecular weight excluding hydrogens is 200 g/mol. The molecule has 2 aromatic heterocycles. The summed E-state index contributed by atoms with van der Waals surface area (Å²) in [6, 6.07) is 0. The van der Waals surface area contributed by atoms with Gasteiger partial charge >= 0.3 is 5.69 Å². The van der Waals surface area contributed by atoms with E-state index in [4.69, 9.17) is 4.74 Å². The lowest BCUT2D eigenvalue weighted by molar-refractivity contribution is 0.233. The second kappa shape index (κ2) is 2.72. The van der Waals surface area contributed by atoms with Crippen molar-refractivity contribution >= 4 is 11.0 Å². The van der Waals surface area contributed by atoms with Gasteiger partial charge < -0.3 is 4.74 Å². The van der Waals surface area contributed by atoms with Gasteiger partial charge in [0.2, 0.25) is 5.88 Å². The standard InChI is InChI=1S/C8H8N4O3/c13-6-4-5(9-8(14)10-6)11-12-2-1-3-15-7(4)12/h1-3H2,(H2,9,10,11,13,14). The van der Waals surface area contributed by atoms with Gasteiger partial charge in [0.15, 0.2) is 5.65 Å². The van der Waals surface area contributed by atoms with Crippen LogP contribution < -0.4 is 16.0 Å². The highest BCUT2D eigenvalue weighted by molar-refractivity contribution is 5.79. The Kier molecular flexibility index (Phi) is 1.50. The van der Waals surface area contributed by atoms with Crippen LogP contribution in [-0.2, 0) is 6.54 Å². The van der Waals surface area contributed by atoms with E-state index in [0.29, 0.717) is 24.4 Å². The fourth-order valence-electron chi connectivity index (χ4n) is 1.72. The molecule has 0 amide bonds. The molecule has 0 saturated heterocycles. The van der Waals surface area contributed by atoms with Gasteiger partial charge in [-0.05, 0) is 0 Å². The highest BCUT2D eigenvalue weighted by Gasteiger charge is 2.19. The van der Waals surface area contributed by atoms with Gasteiger partial charge in [-0.25, -0.2) is 9.48 Å². The highest BCUT2D eigenvalue weighted by Crippen LogP contribution is 2.23. The molecule has 0 radical (unpaired) electrons. The normalized spacial score (nSPS) is 14.9. The van der Waals surface area contributed by atoms with Crippen LogP contribution >= 0.6 is 0 Å². The SMILES string of the molecule is O=c1[nH]c(=O)c2c3n(nc2[nH]1)CCCO3. The van der Waals surface area contributed by atoms with Crippen molar-refractivity contribution in [1.29, 1.82) is 0 Å². The lowest BCUT2D eigenvalue weighted by Crippen LogP contribution is -2.22. The Morgan fingerprint density at radius 2 is 2.20 bits per heavy atom. The maximum absolute atomic E-state index is 11.5. The van der Waals surface area contributed by atoms with Gasteiger partial charge in [0.25, 0.3) is 5.56 Å². The number of nitrogens with one attached hydrogen (secondary N) is 2. The zero-order valence-electron chi connectivity index (χ0n) is 7.74. The summed E-state index contributed by atoms with van der Waals surface area (Å²) in [5.41, 5.74) is -0.736. The molecule has 0 unspecified atom stereocenters. The molecule has 0 atom stereocenters. The fourth-order valence-corrected chi connectivity index (χ4v) is 1.72. The Morgan fingerprint density at radius 3 is 3.07 bits per heavy atom. The first-order valence-corrected chi connectivity index (χ1v) is 4.61. The summed E-state index contributed by atoms with van der Waals surface area (Å²) in [5.74, 6) is 0.439. The van der Waals surface area contributed by atoms with E-state index in [9.17, 15) is 9.59 Å². The Bertz CT molecular complexity index is 635. The van der Waals surface area contributed by atoms with Crippen LogP contribution in [0.25, 0.3) is 11.0 Å². The number of nitrogens with zero attached hydrogens (tertiary/aromatic N) is 2. The molecule has 1 aliphatic rings. The number of aromatic nitrogens is 4. The number of ether oxygens (including phenoxy) is 1. The van der Waals surface area contributed by atoms with Gasteiger partial charge in [-0.3, -0.25) is 14.8 Å². The smallest absolute Gasteiger partial charge is 0.327 e. The minimum Gasteiger partial charge on any atom is -0.477 e. The minimum atomic E-state index is -0.553. The van der Waals surface area contributed by atoms with Gasteiger partial charge in [0, 0.05) is 13.0 Å². The number of aromatic amines is 2. The average Bonchev–Trinajstić information content (AvgIpc) is 2.54. The molecule has 2 N–H and O–H groups in total. The van der Waals surface area contributed by atoms with Crippen LogP contribution in [0.4, 0.5) is 0 Å². The zero-order chi connectivity index (χ0) is 10.4. The number of fused-ring (bicyclic) bond motifs is 3. The van der Waals surface area contributed by atoms with Gasteiger partial charge in [-0.1, -0.05) is 0 Å². The third-order valence-electron chi connectivity index (χ3n) is 2.34. The molecule has 0 aromatic carbocycles. The Morgan fingerprint density at radius 1 is 1.33 bits per heavy atom. The van der Waals surface area contributed by atoms with Crippen molar-refractivity contribution in [3.8, 4) is 5.88 Å². The highest BCUT2D eigenvalue weighted by atomic mass is 16.5. The predicted molar refractivity (Wildman–Crippen MR) is 51.1 cm³/mol. The fraction of sp³-hybridized carbons (Fsp3) is 0.375. The lowest BCUT2D eigenvalue weighted by atomic mass is 10.3. The van der Waals surface area contributed by atoms with Crippen molar-refractivity contribution in [2.75, 3.05) is 6.61 Å². The second-order valence-electron chi connectivity index (χ2n) is 3.36. The summed E-state index contributed by atoms with van der Waals surface area (Å²) in [5, 5.41) is 4.41. The van der Waals surface area contributed by atoms with E-state index in [-0.39, 0.29) is 5.65 Å². The van der Waals surface area contributed by atoms with Crippen molar-refractivity contribution in [3.63, 3.8) is 0 Å². The van der Waals surface area contributed by atoms with E-state index < -0.39 is 11.2 Å². The van der Waals surface area contributed by atoms with E-state index in [1.807, 2.05) is 0 Å². The molecule has 2 aromatic rings. The van der Waals surface area contributed by atoms with Crippen molar-refractivity contribution in [2.24, 2.45) is 0 Å². The molecule has 0 bridgehead atoms. The molecule has 3 rings (SSSR count). The van der Waals surface area contributed by atoms with E-state index >= 15 is 0 Å². The zero-order valence-corrected chi connectivity index (χ0v) is 7.74. The molecular formula is C8H8N4O3. The molecule has 0 aliphatic carbocycles. The molecule has 78 valence electrons. The van der Waals surface area contributed by atoms with E-state index in [1.165, 1.54) is 0 Å². The predicted octanol–water partition coefficient (Wildman–Crippen LogP) is -0.805. The summed E-state index contributed by atoms with van der Waals surface area (Å²) in [6.45, 7) is 1.27. The number of H-pyrrole nitrogens is 2. The number of hydrogen-bond donors (Lipinski definition) is 2. The summed E-state index contributed by atoms with van der Waals surface area (Å²) in [7, 11) is 0. The summed E-state index contributed by atoms with van der Waals surface area (Å²) in [6.07, 6.45) is 0.850. The Balaban J connectivity index is 2.47. The first-order chi connectivity index (χ1) is 7.25. The number of hydrogen-bond acceptors (Lipinski definition) is 4. The van der Waals surface area contributed by atoms with Crippen molar-refractivity contribution in [2.45, 2.75) is 13.0 Å². The number of rotatable bonds is 0. The first-order valence-electron chi connectivity index (χ1n) is 4.61. The second-order valence-corrected chi connectivity index (χ2v) is 3.36. The maximum atomic E-state index is 11.5. The van der Waals surface area contributed by atoms with Gasteiger partial charge in [0.1, 0.15) is 5.39 Å². The monoisotopic (exact) mass is 208 g/mol. The molecule has 3 heterocycles. The first kappa shape index (κ1) is 8.27. The minimum absolute atomic E-state index is 0.278. The van der Waals surface area contributed by atoms with Crippen molar-refractivity contribution in [3.05, 3.63) is 20.8 Å². The molecule has 0 fully saturated rings. The topological polar surface area (TPSA) is 92.8 Å². The largest absolute Gasteiger partial charge is 0.477 e.